The molecule has 1 amide bonds. The Bertz CT molecular complexity index is 258. The Morgan fingerprint density at radius 3 is 2.61 bits per heavy atom. The lowest BCUT2D eigenvalue weighted by Gasteiger charge is -2.32. The molecule has 2 aliphatic rings. The summed E-state index contributed by atoms with van der Waals surface area (Å²) in [5.41, 5.74) is 0. The van der Waals surface area contributed by atoms with Crippen LogP contribution in [0.25, 0.3) is 0 Å². The number of likely N-dealkylation sites (tertiary alicyclic amines) is 1. The van der Waals surface area contributed by atoms with Gasteiger partial charge in [0.2, 0.25) is 5.91 Å². The van der Waals surface area contributed by atoms with Crippen LogP contribution >= 0.6 is 0 Å². The fraction of sp³-hybridized carbons (Fsp3) is 0.929. The fourth-order valence-electron chi connectivity index (χ4n) is 2.85. The Labute approximate surface area is 110 Å². The average Bonchev–Trinajstić information content (AvgIpc) is 2.29. The molecule has 2 rings (SSSR count). The van der Waals surface area contributed by atoms with E-state index in [4.69, 9.17) is 0 Å². The normalized spacial score (nSPS) is 25.7. The molecule has 0 saturated carbocycles. The Morgan fingerprint density at radius 1 is 1.33 bits per heavy atom. The molecule has 0 aliphatic carbocycles. The lowest BCUT2D eigenvalue weighted by atomic mass is 9.93. The molecule has 2 N–H and O–H groups in total. The number of nitrogens with one attached hydrogen (secondary N) is 2. The molecule has 18 heavy (non-hydrogen) atoms. The third-order valence-corrected chi connectivity index (χ3v) is 4.24. The number of nitrogens with zero attached hydrogens (tertiary/aromatic N) is 1. The van der Waals surface area contributed by atoms with Gasteiger partial charge >= 0.3 is 0 Å². The van der Waals surface area contributed by atoms with Crippen molar-refractivity contribution in [2.45, 2.75) is 45.1 Å². The number of piperidine rings is 1. The summed E-state index contributed by atoms with van der Waals surface area (Å²) < 4.78 is 0. The first-order valence-corrected chi connectivity index (χ1v) is 7.53. The van der Waals surface area contributed by atoms with Crippen LogP contribution in [0.4, 0.5) is 0 Å². The van der Waals surface area contributed by atoms with Crippen LogP contribution in [0.2, 0.25) is 0 Å². The first kappa shape index (κ1) is 13.8. The zero-order valence-electron chi connectivity index (χ0n) is 11.6. The van der Waals surface area contributed by atoms with Gasteiger partial charge in [0.05, 0.1) is 6.04 Å². The number of hydrogen-bond acceptors (Lipinski definition) is 3. The summed E-state index contributed by atoms with van der Waals surface area (Å²) >= 11 is 0. The maximum absolute atomic E-state index is 11.6. The number of hydrogen-bond donors (Lipinski definition) is 2. The highest BCUT2D eigenvalue weighted by atomic mass is 16.2. The highest BCUT2D eigenvalue weighted by Crippen LogP contribution is 2.20. The summed E-state index contributed by atoms with van der Waals surface area (Å²) in [7, 11) is 0. The number of amides is 1. The van der Waals surface area contributed by atoms with E-state index >= 15 is 0 Å². The molecule has 2 fully saturated rings. The van der Waals surface area contributed by atoms with E-state index < -0.39 is 0 Å². The maximum atomic E-state index is 11.6. The van der Waals surface area contributed by atoms with Crippen molar-refractivity contribution >= 4 is 5.91 Å². The summed E-state index contributed by atoms with van der Waals surface area (Å²) in [5.74, 6) is 1.01. The lowest BCUT2D eigenvalue weighted by molar-refractivity contribution is -0.124. The van der Waals surface area contributed by atoms with Crippen LogP contribution in [0.1, 0.15) is 39.0 Å². The highest BCUT2D eigenvalue weighted by molar-refractivity contribution is 5.82. The van der Waals surface area contributed by atoms with Gasteiger partial charge in [0.25, 0.3) is 0 Å². The van der Waals surface area contributed by atoms with E-state index in [2.05, 4.69) is 22.5 Å². The first-order valence-electron chi connectivity index (χ1n) is 7.53. The van der Waals surface area contributed by atoms with Gasteiger partial charge in [0.1, 0.15) is 0 Å². The van der Waals surface area contributed by atoms with Gasteiger partial charge in [-0.1, -0.05) is 6.92 Å². The molecule has 0 unspecified atom stereocenters. The van der Waals surface area contributed by atoms with Crippen molar-refractivity contribution in [3.8, 4) is 0 Å². The van der Waals surface area contributed by atoms with Crippen molar-refractivity contribution in [2.24, 2.45) is 5.92 Å². The number of carbonyl (C=O) groups excluding carboxylic acids is 1. The van der Waals surface area contributed by atoms with E-state index in [9.17, 15) is 4.79 Å². The standard InChI is InChI=1S/C14H27N3O/c1-2-9-17-10-5-12(6-11-17)3-7-16-14(18)13-4-8-15-13/h12-13,15H,2-11H2,1H3,(H,16,18)/t13-/m1/s1. The van der Waals surface area contributed by atoms with Crippen LogP contribution in [0.15, 0.2) is 0 Å². The minimum Gasteiger partial charge on any atom is -0.355 e. The van der Waals surface area contributed by atoms with E-state index in [0.29, 0.717) is 0 Å². The molecule has 0 aromatic heterocycles. The van der Waals surface area contributed by atoms with Gasteiger partial charge in [0.15, 0.2) is 0 Å². The Kier molecular flexibility index (Phi) is 5.45. The van der Waals surface area contributed by atoms with Crippen LogP contribution in [0, 0.1) is 5.92 Å². The summed E-state index contributed by atoms with van der Waals surface area (Å²) in [6.45, 7) is 7.84. The lowest BCUT2D eigenvalue weighted by Crippen LogP contribution is -2.53. The largest absolute Gasteiger partial charge is 0.355 e. The van der Waals surface area contributed by atoms with Crippen molar-refractivity contribution in [1.82, 2.24) is 15.5 Å². The molecular weight excluding hydrogens is 226 g/mol. The maximum Gasteiger partial charge on any atom is 0.237 e. The van der Waals surface area contributed by atoms with Crippen molar-refractivity contribution in [1.29, 1.82) is 0 Å². The van der Waals surface area contributed by atoms with Crippen molar-refractivity contribution in [3.05, 3.63) is 0 Å². The minimum atomic E-state index is 0.0939. The van der Waals surface area contributed by atoms with Crippen LogP contribution in [-0.4, -0.2) is 49.6 Å². The van der Waals surface area contributed by atoms with E-state index in [1.54, 1.807) is 0 Å². The van der Waals surface area contributed by atoms with Gasteiger partial charge in [0, 0.05) is 6.54 Å². The molecular formula is C14H27N3O. The SMILES string of the molecule is CCCN1CCC(CCNC(=O)[C@H]2CCN2)CC1. The molecule has 2 heterocycles. The fourth-order valence-corrected chi connectivity index (χ4v) is 2.85. The van der Waals surface area contributed by atoms with Crippen molar-refractivity contribution in [2.75, 3.05) is 32.7 Å². The summed E-state index contributed by atoms with van der Waals surface area (Å²) in [6, 6.07) is 0.0939. The van der Waals surface area contributed by atoms with E-state index in [0.717, 1.165) is 31.8 Å². The summed E-state index contributed by atoms with van der Waals surface area (Å²) in [5, 5.41) is 6.19. The minimum absolute atomic E-state index is 0.0939. The van der Waals surface area contributed by atoms with E-state index in [-0.39, 0.29) is 11.9 Å². The first-order chi connectivity index (χ1) is 8.79. The third kappa shape index (κ3) is 3.95. The monoisotopic (exact) mass is 253 g/mol. The third-order valence-electron chi connectivity index (χ3n) is 4.24. The molecule has 0 bridgehead atoms. The van der Waals surface area contributed by atoms with Crippen LogP contribution < -0.4 is 10.6 Å². The molecule has 0 spiro atoms. The topological polar surface area (TPSA) is 44.4 Å². The molecule has 2 aliphatic heterocycles. The van der Waals surface area contributed by atoms with Gasteiger partial charge in [-0.15, -0.1) is 0 Å². The highest BCUT2D eigenvalue weighted by Gasteiger charge is 2.24. The molecule has 104 valence electrons. The van der Waals surface area contributed by atoms with Crippen LogP contribution in [0.3, 0.4) is 0 Å². The second-order valence-corrected chi connectivity index (χ2v) is 5.66. The second-order valence-electron chi connectivity index (χ2n) is 5.66. The molecule has 0 aromatic rings. The van der Waals surface area contributed by atoms with Gasteiger partial charge < -0.3 is 15.5 Å². The van der Waals surface area contributed by atoms with Gasteiger partial charge in [-0.2, -0.15) is 0 Å². The predicted octanol–water partition coefficient (Wildman–Crippen LogP) is 0.977. The summed E-state index contributed by atoms with van der Waals surface area (Å²) in [6.07, 6.45) is 6.02. The Hall–Kier alpha value is -0.610. The summed E-state index contributed by atoms with van der Waals surface area (Å²) in [4.78, 5) is 14.2. The molecule has 2 saturated heterocycles. The van der Waals surface area contributed by atoms with Crippen molar-refractivity contribution in [3.63, 3.8) is 0 Å². The number of rotatable bonds is 6. The zero-order valence-corrected chi connectivity index (χ0v) is 11.6. The Morgan fingerprint density at radius 2 is 2.06 bits per heavy atom. The van der Waals surface area contributed by atoms with Crippen LogP contribution in [-0.2, 0) is 4.79 Å². The zero-order chi connectivity index (χ0) is 12.8. The van der Waals surface area contributed by atoms with Crippen LogP contribution in [0.5, 0.6) is 0 Å². The van der Waals surface area contributed by atoms with Gasteiger partial charge in [-0.05, 0) is 64.2 Å². The van der Waals surface area contributed by atoms with Gasteiger partial charge in [-0.3, -0.25) is 4.79 Å². The quantitative estimate of drug-likeness (QED) is 0.741. The molecule has 1 atom stereocenters. The predicted molar refractivity (Wildman–Crippen MR) is 73.5 cm³/mol. The van der Waals surface area contributed by atoms with E-state index in [1.165, 1.54) is 38.9 Å². The average molecular weight is 253 g/mol. The molecule has 0 radical (unpaired) electrons. The number of carbonyl (C=O) groups is 1. The smallest absolute Gasteiger partial charge is 0.237 e. The van der Waals surface area contributed by atoms with Gasteiger partial charge in [-0.25, -0.2) is 0 Å². The molecule has 4 heteroatoms. The van der Waals surface area contributed by atoms with E-state index in [1.807, 2.05) is 0 Å². The molecule has 0 aromatic carbocycles. The molecule has 4 nitrogen and oxygen atoms in total. The second kappa shape index (κ2) is 7.10. The van der Waals surface area contributed by atoms with Crippen molar-refractivity contribution < 1.29 is 4.79 Å². The Balaban J connectivity index is 1.53.